The number of furan rings is 1. The molecule has 1 aromatic heterocycles. The lowest BCUT2D eigenvalue weighted by atomic mass is 10.1. The van der Waals surface area contributed by atoms with E-state index < -0.39 is 52.3 Å². The SMILES string of the molecule is CCOC(=O)c1c(C)oc(NC(=O)c2ccc(F)c(F)c2F)c1C(=O)OCC. The number of nitrogens with one attached hydrogen (secondary N) is 1. The van der Waals surface area contributed by atoms with E-state index in [1.165, 1.54) is 13.8 Å². The number of aryl methyl sites for hydroxylation is 1. The van der Waals surface area contributed by atoms with Gasteiger partial charge in [0.25, 0.3) is 5.91 Å². The van der Waals surface area contributed by atoms with E-state index >= 15 is 0 Å². The zero-order valence-corrected chi connectivity index (χ0v) is 15.2. The number of hydrogen-bond donors (Lipinski definition) is 1. The van der Waals surface area contributed by atoms with Gasteiger partial charge in [0, 0.05) is 0 Å². The molecule has 0 atom stereocenters. The molecule has 2 rings (SSSR count). The summed E-state index contributed by atoms with van der Waals surface area (Å²) in [4.78, 5) is 36.7. The predicted octanol–water partition coefficient (Wildman–Crippen LogP) is 3.61. The fraction of sp³-hybridized carbons (Fsp3) is 0.278. The van der Waals surface area contributed by atoms with Crippen molar-refractivity contribution >= 4 is 23.7 Å². The van der Waals surface area contributed by atoms with E-state index in [2.05, 4.69) is 5.32 Å². The summed E-state index contributed by atoms with van der Waals surface area (Å²) in [6, 6.07) is 1.28. The minimum Gasteiger partial charge on any atom is -0.462 e. The van der Waals surface area contributed by atoms with Crippen molar-refractivity contribution in [2.24, 2.45) is 0 Å². The smallest absolute Gasteiger partial charge is 0.344 e. The molecule has 0 spiro atoms. The first kappa shape index (κ1) is 21.0. The van der Waals surface area contributed by atoms with Gasteiger partial charge in [0.1, 0.15) is 16.9 Å². The molecule has 28 heavy (non-hydrogen) atoms. The Hall–Kier alpha value is -3.30. The van der Waals surface area contributed by atoms with Gasteiger partial charge in [0.15, 0.2) is 17.5 Å². The normalized spacial score (nSPS) is 10.5. The van der Waals surface area contributed by atoms with Crippen LogP contribution in [0.15, 0.2) is 16.5 Å². The highest BCUT2D eigenvalue weighted by atomic mass is 19.2. The van der Waals surface area contributed by atoms with Crippen LogP contribution < -0.4 is 5.32 Å². The lowest BCUT2D eigenvalue weighted by Gasteiger charge is -2.08. The summed E-state index contributed by atoms with van der Waals surface area (Å²) >= 11 is 0. The summed E-state index contributed by atoms with van der Waals surface area (Å²) < 4.78 is 55.2. The molecule has 0 fully saturated rings. The molecule has 0 bridgehead atoms. The number of halogens is 3. The van der Waals surface area contributed by atoms with Crippen molar-refractivity contribution in [1.29, 1.82) is 0 Å². The zero-order valence-electron chi connectivity index (χ0n) is 15.2. The number of carbonyl (C=O) groups excluding carboxylic acids is 3. The van der Waals surface area contributed by atoms with E-state index in [1.54, 1.807) is 6.92 Å². The largest absolute Gasteiger partial charge is 0.462 e. The van der Waals surface area contributed by atoms with Crippen molar-refractivity contribution in [2.75, 3.05) is 18.5 Å². The predicted molar refractivity (Wildman–Crippen MR) is 89.6 cm³/mol. The fourth-order valence-electron chi connectivity index (χ4n) is 2.35. The molecule has 0 saturated carbocycles. The standard InChI is InChI=1S/C18H16F3NO6/c1-4-26-17(24)11-8(3)28-16(12(11)18(25)27-5-2)22-15(23)9-6-7-10(19)14(21)13(9)20/h6-7H,4-5H2,1-3H3,(H,22,23). The average molecular weight is 399 g/mol. The Bertz CT molecular complexity index is 938. The molecule has 1 aromatic carbocycles. The molecular formula is C18H16F3NO6. The number of amides is 1. The highest BCUT2D eigenvalue weighted by molar-refractivity contribution is 6.11. The maximum absolute atomic E-state index is 13.8. The van der Waals surface area contributed by atoms with Gasteiger partial charge in [0.05, 0.1) is 18.8 Å². The number of ether oxygens (including phenoxy) is 2. The highest BCUT2D eigenvalue weighted by Crippen LogP contribution is 2.29. The van der Waals surface area contributed by atoms with Crippen molar-refractivity contribution < 1.29 is 41.4 Å². The number of esters is 2. The average Bonchev–Trinajstić information content (AvgIpc) is 2.96. The van der Waals surface area contributed by atoms with Crippen molar-refractivity contribution in [3.63, 3.8) is 0 Å². The molecule has 0 aliphatic carbocycles. The van der Waals surface area contributed by atoms with Crippen LogP contribution in [0, 0.1) is 24.4 Å². The Labute approximate surface area is 157 Å². The van der Waals surface area contributed by atoms with Crippen molar-refractivity contribution in [3.05, 3.63) is 52.0 Å². The monoisotopic (exact) mass is 399 g/mol. The minimum absolute atomic E-state index is 0.00742. The Morgan fingerprint density at radius 2 is 1.54 bits per heavy atom. The van der Waals surface area contributed by atoms with Gasteiger partial charge in [0.2, 0.25) is 5.88 Å². The molecule has 1 N–H and O–H groups in total. The van der Waals surface area contributed by atoms with Crippen LogP contribution in [0.25, 0.3) is 0 Å². The number of hydrogen-bond acceptors (Lipinski definition) is 6. The molecule has 10 heteroatoms. The summed E-state index contributed by atoms with van der Waals surface area (Å²) in [6.45, 7) is 4.36. The first-order chi connectivity index (χ1) is 13.2. The Morgan fingerprint density at radius 3 is 2.11 bits per heavy atom. The Morgan fingerprint density at radius 1 is 0.964 bits per heavy atom. The van der Waals surface area contributed by atoms with E-state index in [9.17, 15) is 27.6 Å². The second-order valence-electron chi connectivity index (χ2n) is 5.36. The molecule has 7 nitrogen and oxygen atoms in total. The van der Waals surface area contributed by atoms with Crippen LogP contribution in [0.2, 0.25) is 0 Å². The molecule has 0 radical (unpaired) electrons. The highest BCUT2D eigenvalue weighted by Gasteiger charge is 2.32. The van der Waals surface area contributed by atoms with Crippen molar-refractivity contribution in [3.8, 4) is 0 Å². The third-order valence-corrected chi connectivity index (χ3v) is 3.55. The molecule has 1 heterocycles. The molecule has 0 saturated heterocycles. The molecule has 150 valence electrons. The molecule has 0 unspecified atom stereocenters. The van der Waals surface area contributed by atoms with Gasteiger partial charge >= 0.3 is 11.9 Å². The quantitative estimate of drug-likeness (QED) is 0.589. The summed E-state index contributed by atoms with van der Waals surface area (Å²) in [6.07, 6.45) is 0. The second kappa shape index (κ2) is 8.59. The lowest BCUT2D eigenvalue weighted by Crippen LogP contribution is -2.19. The molecule has 2 aromatic rings. The van der Waals surface area contributed by atoms with Crippen LogP contribution >= 0.6 is 0 Å². The maximum Gasteiger partial charge on any atom is 0.344 e. The number of carbonyl (C=O) groups is 3. The van der Waals surface area contributed by atoms with E-state index in [0.717, 1.165) is 6.07 Å². The number of rotatable bonds is 6. The maximum atomic E-state index is 13.8. The summed E-state index contributed by atoms with van der Waals surface area (Å²) in [5.41, 5.74) is -1.55. The Balaban J connectivity index is 2.49. The first-order valence-corrected chi connectivity index (χ1v) is 8.15. The molecule has 0 aliphatic heterocycles. The van der Waals surface area contributed by atoms with Crippen LogP contribution in [0.1, 0.15) is 50.7 Å². The van der Waals surface area contributed by atoms with Gasteiger partial charge in [-0.2, -0.15) is 0 Å². The van der Waals surface area contributed by atoms with Gasteiger partial charge in [-0.15, -0.1) is 0 Å². The summed E-state index contributed by atoms with van der Waals surface area (Å²) in [7, 11) is 0. The van der Waals surface area contributed by atoms with Gasteiger partial charge in [-0.05, 0) is 32.9 Å². The van der Waals surface area contributed by atoms with Crippen LogP contribution in [0.3, 0.4) is 0 Å². The Kier molecular flexibility index (Phi) is 6.45. The van der Waals surface area contributed by atoms with Crippen molar-refractivity contribution in [2.45, 2.75) is 20.8 Å². The van der Waals surface area contributed by atoms with Gasteiger partial charge in [-0.3, -0.25) is 10.1 Å². The topological polar surface area (TPSA) is 94.8 Å². The third kappa shape index (κ3) is 4.00. The third-order valence-electron chi connectivity index (χ3n) is 3.55. The molecule has 1 amide bonds. The zero-order chi connectivity index (χ0) is 21.0. The van der Waals surface area contributed by atoms with E-state index in [1.807, 2.05) is 0 Å². The van der Waals surface area contributed by atoms with Crippen LogP contribution in [0.5, 0.6) is 0 Å². The van der Waals surface area contributed by atoms with Crippen LogP contribution in [0.4, 0.5) is 19.1 Å². The van der Waals surface area contributed by atoms with Gasteiger partial charge < -0.3 is 13.9 Å². The fourth-order valence-corrected chi connectivity index (χ4v) is 2.35. The molecular weight excluding hydrogens is 383 g/mol. The van der Waals surface area contributed by atoms with E-state index in [0.29, 0.717) is 6.07 Å². The molecule has 0 aliphatic rings. The summed E-state index contributed by atoms with van der Waals surface area (Å²) in [5.74, 6) is -8.73. The van der Waals surface area contributed by atoms with Gasteiger partial charge in [-0.25, -0.2) is 22.8 Å². The van der Waals surface area contributed by atoms with Crippen molar-refractivity contribution in [1.82, 2.24) is 0 Å². The van der Waals surface area contributed by atoms with E-state index in [4.69, 9.17) is 13.9 Å². The minimum atomic E-state index is -1.83. The lowest BCUT2D eigenvalue weighted by molar-refractivity contribution is 0.0480. The first-order valence-electron chi connectivity index (χ1n) is 8.15. The van der Waals surface area contributed by atoms with Crippen LogP contribution in [-0.4, -0.2) is 31.1 Å². The second-order valence-corrected chi connectivity index (χ2v) is 5.36. The number of benzene rings is 1. The van der Waals surface area contributed by atoms with E-state index in [-0.39, 0.29) is 24.5 Å². The summed E-state index contributed by atoms with van der Waals surface area (Å²) in [5, 5.41) is 2.07. The number of anilines is 1. The van der Waals surface area contributed by atoms with Gasteiger partial charge in [-0.1, -0.05) is 0 Å². The van der Waals surface area contributed by atoms with Crippen LogP contribution in [-0.2, 0) is 9.47 Å².